The smallest absolute Gasteiger partial charge is 0.289 e. The number of anilines is 1. The zero-order chi connectivity index (χ0) is 19.7. The molecule has 2 aromatic carbocycles. The van der Waals surface area contributed by atoms with Gasteiger partial charge in [0.05, 0.1) is 7.11 Å². The highest BCUT2D eigenvalue weighted by Crippen LogP contribution is 2.29. The van der Waals surface area contributed by atoms with Gasteiger partial charge in [0.2, 0.25) is 0 Å². The molecule has 0 radical (unpaired) electrons. The second-order valence-corrected chi connectivity index (χ2v) is 7.34. The number of hydrogen-bond acceptors (Lipinski definition) is 4. The first kappa shape index (κ1) is 18.4. The van der Waals surface area contributed by atoms with Gasteiger partial charge in [0.25, 0.3) is 5.91 Å². The summed E-state index contributed by atoms with van der Waals surface area (Å²) >= 11 is 0. The maximum absolute atomic E-state index is 13.2. The molecule has 28 heavy (non-hydrogen) atoms. The molecule has 0 unspecified atom stereocenters. The Morgan fingerprint density at radius 2 is 1.79 bits per heavy atom. The van der Waals surface area contributed by atoms with Gasteiger partial charge >= 0.3 is 0 Å². The highest BCUT2D eigenvalue weighted by Gasteiger charge is 2.25. The van der Waals surface area contributed by atoms with Crippen molar-refractivity contribution in [3.8, 4) is 5.75 Å². The van der Waals surface area contributed by atoms with E-state index < -0.39 is 0 Å². The van der Waals surface area contributed by atoms with Gasteiger partial charge in [0, 0.05) is 42.8 Å². The molecular weight excluding hydrogens is 352 g/mol. The SMILES string of the molecule is COc1ccc(N2CCCN(C(=O)c3oc4c(C)cccc4c3C)CC2)cc1. The zero-order valence-electron chi connectivity index (χ0n) is 16.7. The highest BCUT2D eigenvalue weighted by atomic mass is 16.5. The maximum atomic E-state index is 13.2. The van der Waals surface area contributed by atoms with Gasteiger partial charge in [-0.15, -0.1) is 0 Å². The van der Waals surface area contributed by atoms with Gasteiger partial charge in [0.1, 0.15) is 11.3 Å². The average Bonchev–Trinajstić information content (AvgIpc) is 2.90. The Morgan fingerprint density at radius 3 is 2.50 bits per heavy atom. The molecule has 5 heteroatoms. The van der Waals surface area contributed by atoms with Crippen LogP contribution in [0.5, 0.6) is 5.75 Å². The summed E-state index contributed by atoms with van der Waals surface area (Å²) in [5.41, 5.74) is 3.96. The number of rotatable bonds is 3. The zero-order valence-corrected chi connectivity index (χ0v) is 16.7. The first-order valence-corrected chi connectivity index (χ1v) is 9.75. The Hall–Kier alpha value is -2.95. The molecule has 1 amide bonds. The van der Waals surface area contributed by atoms with Crippen molar-refractivity contribution in [3.05, 3.63) is 59.4 Å². The molecule has 2 heterocycles. The largest absolute Gasteiger partial charge is 0.497 e. The van der Waals surface area contributed by atoms with Crippen molar-refractivity contribution < 1.29 is 13.9 Å². The van der Waals surface area contributed by atoms with Crippen LogP contribution < -0.4 is 9.64 Å². The molecule has 0 atom stereocenters. The summed E-state index contributed by atoms with van der Waals surface area (Å²) in [5.74, 6) is 1.32. The van der Waals surface area contributed by atoms with E-state index in [1.54, 1.807) is 7.11 Å². The third kappa shape index (κ3) is 3.33. The van der Waals surface area contributed by atoms with Crippen LogP contribution >= 0.6 is 0 Å². The molecule has 146 valence electrons. The van der Waals surface area contributed by atoms with Crippen LogP contribution in [0.2, 0.25) is 0 Å². The number of carbonyl (C=O) groups excluding carboxylic acids is 1. The quantitative estimate of drug-likeness (QED) is 0.677. The lowest BCUT2D eigenvalue weighted by Gasteiger charge is -2.23. The minimum absolute atomic E-state index is 0.00955. The third-order valence-corrected chi connectivity index (χ3v) is 5.58. The number of amides is 1. The van der Waals surface area contributed by atoms with Crippen LogP contribution in [0.1, 0.15) is 28.1 Å². The van der Waals surface area contributed by atoms with E-state index in [-0.39, 0.29) is 5.91 Å². The van der Waals surface area contributed by atoms with Crippen LogP contribution in [0.25, 0.3) is 11.0 Å². The minimum atomic E-state index is -0.00955. The van der Waals surface area contributed by atoms with E-state index in [1.165, 1.54) is 0 Å². The molecule has 1 fully saturated rings. The maximum Gasteiger partial charge on any atom is 0.289 e. The van der Waals surface area contributed by atoms with Crippen LogP contribution in [0, 0.1) is 13.8 Å². The van der Waals surface area contributed by atoms with Crippen LogP contribution in [-0.2, 0) is 0 Å². The molecule has 4 rings (SSSR count). The van der Waals surface area contributed by atoms with Crippen LogP contribution in [-0.4, -0.2) is 44.1 Å². The molecule has 0 aliphatic carbocycles. The number of furan rings is 1. The van der Waals surface area contributed by atoms with Crippen LogP contribution in [0.4, 0.5) is 5.69 Å². The van der Waals surface area contributed by atoms with Gasteiger partial charge in [0.15, 0.2) is 5.76 Å². The van der Waals surface area contributed by atoms with Crippen molar-refractivity contribution in [2.75, 3.05) is 38.2 Å². The number of methoxy groups -OCH3 is 1. The topological polar surface area (TPSA) is 45.9 Å². The van der Waals surface area contributed by atoms with Crippen molar-refractivity contribution in [1.29, 1.82) is 0 Å². The number of para-hydroxylation sites is 1. The first-order chi connectivity index (χ1) is 13.6. The fourth-order valence-electron chi connectivity index (χ4n) is 3.90. The van der Waals surface area contributed by atoms with E-state index >= 15 is 0 Å². The number of hydrogen-bond donors (Lipinski definition) is 0. The van der Waals surface area contributed by atoms with E-state index in [0.717, 1.165) is 59.6 Å². The van der Waals surface area contributed by atoms with Gasteiger partial charge in [-0.25, -0.2) is 0 Å². The fraction of sp³-hybridized carbons (Fsp3) is 0.348. The van der Waals surface area contributed by atoms with Crippen molar-refractivity contribution in [2.24, 2.45) is 0 Å². The minimum Gasteiger partial charge on any atom is -0.497 e. The van der Waals surface area contributed by atoms with E-state index in [1.807, 2.05) is 49.1 Å². The predicted molar refractivity (Wildman–Crippen MR) is 111 cm³/mol. The predicted octanol–water partition coefficient (Wildman–Crippen LogP) is 4.41. The Morgan fingerprint density at radius 1 is 1.00 bits per heavy atom. The van der Waals surface area contributed by atoms with Crippen molar-refractivity contribution in [1.82, 2.24) is 4.90 Å². The van der Waals surface area contributed by atoms with Gasteiger partial charge in [-0.05, 0) is 50.1 Å². The lowest BCUT2D eigenvalue weighted by Crippen LogP contribution is -2.35. The summed E-state index contributed by atoms with van der Waals surface area (Å²) in [6.07, 6.45) is 0.927. The van der Waals surface area contributed by atoms with Crippen LogP contribution in [0.3, 0.4) is 0 Å². The van der Waals surface area contributed by atoms with Crippen molar-refractivity contribution in [2.45, 2.75) is 20.3 Å². The van der Waals surface area contributed by atoms with E-state index in [0.29, 0.717) is 12.3 Å². The molecule has 1 saturated heterocycles. The lowest BCUT2D eigenvalue weighted by atomic mass is 10.1. The molecule has 0 spiro atoms. The average molecular weight is 378 g/mol. The number of carbonyl (C=O) groups is 1. The number of benzene rings is 2. The second kappa shape index (κ2) is 7.58. The Labute approximate surface area is 165 Å². The van der Waals surface area contributed by atoms with Crippen LogP contribution in [0.15, 0.2) is 46.9 Å². The van der Waals surface area contributed by atoms with Gasteiger partial charge in [-0.1, -0.05) is 18.2 Å². The first-order valence-electron chi connectivity index (χ1n) is 9.75. The molecule has 1 aromatic heterocycles. The molecule has 5 nitrogen and oxygen atoms in total. The third-order valence-electron chi connectivity index (χ3n) is 5.58. The molecular formula is C23H26N2O3. The lowest BCUT2D eigenvalue weighted by molar-refractivity contribution is 0.0736. The Kier molecular flexibility index (Phi) is 4.99. The molecule has 0 saturated carbocycles. The standard InChI is InChI=1S/C23H26N2O3/c1-16-6-4-7-20-17(2)22(28-21(16)20)23(26)25-13-5-12-24(14-15-25)18-8-10-19(27-3)11-9-18/h4,6-11H,5,12-15H2,1-3H3. The fourth-order valence-corrected chi connectivity index (χ4v) is 3.90. The number of fused-ring (bicyclic) bond motifs is 1. The number of nitrogens with zero attached hydrogens (tertiary/aromatic N) is 2. The molecule has 0 bridgehead atoms. The van der Waals surface area contributed by atoms with Crippen molar-refractivity contribution >= 4 is 22.6 Å². The van der Waals surface area contributed by atoms with Crippen molar-refractivity contribution in [3.63, 3.8) is 0 Å². The molecule has 1 aliphatic heterocycles. The Bertz CT molecular complexity index is 991. The number of ether oxygens (including phenoxy) is 1. The van der Waals surface area contributed by atoms with Gasteiger partial charge < -0.3 is 19.0 Å². The highest BCUT2D eigenvalue weighted by molar-refractivity contribution is 5.99. The van der Waals surface area contributed by atoms with Gasteiger partial charge in [-0.2, -0.15) is 0 Å². The summed E-state index contributed by atoms with van der Waals surface area (Å²) < 4.78 is 11.2. The van der Waals surface area contributed by atoms with E-state index in [9.17, 15) is 4.79 Å². The molecule has 3 aromatic rings. The Balaban J connectivity index is 1.52. The summed E-state index contributed by atoms with van der Waals surface area (Å²) in [4.78, 5) is 17.4. The molecule has 0 N–H and O–H groups in total. The summed E-state index contributed by atoms with van der Waals surface area (Å²) in [7, 11) is 1.67. The number of aryl methyl sites for hydroxylation is 2. The van der Waals surface area contributed by atoms with E-state index in [2.05, 4.69) is 17.0 Å². The van der Waals surface area contributed by atoms with E-state index in [4.69, 9.17) is 9.15 Å². The summed E-state index contributed by atoms with van der Waals surface area (Å²) in [6, 6.07) is 14.1. The summed E-state index contributed by atoms with van der Waals surface area (Å²) in [6.45, 7) is 7.13. The van der Waals surface area contributed by atoms with Gasteiger partial charge in [-0.3, -0.25) is 4.79 Å². The monoisotopic (exact) mass is 378 g/mol. The molecule has 1 aliphatic rings. The summed E-state index contributed by atoms with van der Waals surface area (Å²) in [5, 5.41) is 1.03. The second-order valence-electron chi connectivity index (χ2n) is 7.34. The normalized spacial score (nSPS) is 15.0.